The highest BCUT2D eigenvalue weighted by molar-refractivity contribution is 7.91. The molecule has 0 radical (unpaired) electrons. The van der Waals surface area contributed by atoms with Crippen LogP contribution in [0.15, 0.2) is 48.7 Å². The molecule has 26 heavy (non-hydrogen) atoms. The minimum Gasteiger partial charge on any atom is -0.347 e. The van der Waals surface area contributed by atoms with Crippen molar-refractivity contribution in [1.29, 1.82) is 0 Å². The van der Waals surface area contributed by atoms with Crippen molar-refractivity contribution in [2.24, 2.45) is 0 Å². The number of para-hydroxylation sites is 1. The van der Waals surface area contributed by atoms with Gasteiger partial charge in [0.05, 0.1) is 11.5 Å². The average molecular weight is 373 g/mol. The molecule has 2 aromatic rings. The largest absolute Gasteiger partial charge is 0.347 e. The molecule has 2 amide bonds. The highest BCUT2D eigenvalue weighted by Crippen LogP contribution is 2.16. The molecule has 0 aliphatic carbocycles. The number of carbonyl (C=O) groups is 2. The Labute approximate surface area is 152 Å². The van der Waals surface area contributed by atoms with Crippen LogP contribution in [-0.2, 0) is 9.84 Å². The number of anilines is 1. The van der Waals surface area contributed by atoms with E-state index in [-0.39, 0.29) is 23.1 Å². The predicted molar refractivity (Wildman–Crippen MR) is 97.9 cm³/mol. The van der Waals surface area contributed by atoms with Gasteiger partial charge in [0.15, 0.2) is 9.84 Å². The highest BCUT2D eigenvalue weighted by atomic mass is 32.2. The lowest BCUT2D eigenvalue weighted by Gasteiger charge is -2.17. The Hall–Kier alpha value is -2.74. The fraction of sp³-hybridized carbons (Fsp3) is 0.278. The molecule has 1 saturated heterocycles. The van der Waals surface area contributed by atoms with Gasteiger partial charge in [-0.1, -0.05) is 18.2 Å². The molecule has 1 N–H and O–H groups in total. The molecule has 2 heterocycles. The fourth-order valence-corrected chi connectivity index (χ4v) is 4.49. The van der Waals surface area contributed by atoms with E-state index in [9.17, 15) is 18.0 Å². The van der Waals surface area contributed by atoms with E-state index in [0.717, 1.165) is 5.69 Å². The predicted octanol–water partition coefficient (Wildman–Crippen LogP) is 1.28. The van der Waals surface area contributed by atoms with E-state index in [1.807, 2.05) is 30.3 Å². The Balaban J connectivity index is 1.73. The number of hydrogen-bond acceptors (Lipinski definition) is 5. The summed E-state index contributed by atoms with van der Waals surface area (Å²) in [5, 5.41) is 2.67. The molecule has 1 aliphatic rings. The van der Waals surface area contributed by atoms with Crippen molar-refractivity contribution in [1.82, 2.24) is 10.3 Å². The second-order valence-electron chi connectivity index (χ2n) is 6.20. The number of benzene rings is 1. The van der Waals surface area contributed by atoms with Gasteiger partial charge in [-0.2, -0.15) is 0 Å². The Morgan fingerprint density at radius 3 is 2.58 bits per heavy atom. The maximum Gasteiger partial charge on any atom is 0.270 e. The smallest absolute Gasteiger partial charge is 0.270 e. The maximum absolute atomic E-state index is 12.6. The van der Waals surface area contributed by atoms with E-state index < -0.39 is 21.8 Å². The summed E-state index contributed by atoms with van der Waals surface area (Å²) in [5.41, 5.74) is 1.15. The molecule has 1 aromatic carbocycles. The van der Waals surface area contributed by atoms with Crippen LogP contribution in [0.2, 0.25) is 0 Å². The van der Waals surface area contributed by atoms with Crippen LogP contribution in [0.25, 0.3) is 0 Å². The molecule has 0 saturated carbocycles. The normalized spacial score (nSPS) is 18.3. The molecular weight excluding hydrogens is 354 g/mol. The van der Waals surface area contributed by atoms with Crippen LogP contribution in [-0.4, -0.2) is 49.8 Å². The molecule has 7 nitrogen and oxygen atoms in total. The first-order chi connectivity index (χ1) is 12.4. The van der Waals surface area contributed by atoms with Gasteiger partial charge in [0.1, 0.15) is 5.69 Å². The SMILES string of the molecule is CN(C(=O)c1ccnc(C(=O)NC2CCS(=O)(=O)C2)c1)c1ccccc1. The van der Waals surface area contributed by atoms with Gasteiger partial charge in [-0.25, -0.2) is 8.42 Å². The summed E-state index contributed by atoms with van der Waals surface area (Å²) in [6.45, 7) is 0. The van der Waals surface area contributed by atoms with Gasteiger partial charge >= 0.3 is 0 Å². The summed E-state index contributed by atoms with van der Waals surface area (Å²) in [4.78, 5) is 30.5. The summed E-state index contributed by atoms with van der Waals surface area (Å²) in [7, 11) is -1.43. The summed E-state index contributed by atoms with van der Waals surface area (Å²) in [6.07, 6.45) is 1.79. The Morgan fingerprint density at radius 2 is 1.92 bits per heavy atom. The number of aromatic nitrogens is 1. The lowest BCUT2D eigenvalue weighted by molar-refractivity contribution is 0.0936. The zero-order valence-electron chi connectivity index (χ0n) is 14.3. The number of pyridine rings is 1. The van der Waals surface area contributed by atoms with E-state index in [1.165, 1.54) is 17.2 Å². The van der Waals surface area contributed by atoms with Crippen molar-refractivity contribution in [3.63, 3.8) is 0 Å². The minimum atomic E-state index is -3.08. The molecule has 3 rings (SSSR count). The van der Waals surface area contributed by atoms with Gasteiger partial charge in [0, 0.05) is 30.5 Å². The summed E-state index contributed by atoms with van der Waals surface area (Å²) in [5.74, 6) is -0.736. The van der Waals surface area contributed by atoms with Crippen molar-refractivity contribution < 1.29 is 18.0 Å². The van der Waals surface area contributed by atoms with Crippen molar-refractivity contribution in [3.8, 4) is 0 Å². The average Bonchev–Trinajstić information content (AvgIpc) is 2.99. The topological polar surface area (TPSA) is 96.4 Å². The van der Waals surface area contributed by atoms with Crippen LogP contribution in [0.4, 0.5) is 5.69 Å². The maximum atomic E-state index is 12.6. The molecule has 1 atom stereocenters. The first kappa shape index (κ1) is 18.1. The molecule has 1 aromatic heterocycles. The summed E-state index contributed by atoms with van der Waals surface area (Å²) < 4.78 is 23.0. The zero-order chi connectivity index (χ0) is 18.7. The fourth-order valence-electron chi connectivity index (χ4n) is 2.82. The highest BCUT2D eigenvalue weighted by Gasteiger charge is 2.29. The number of rotatable bonds is 4. The van der Waals surface area contributed by atoms with Gasteiger partial charge in [-0.05, 0) is 30.7 Å². The van der Waals surface area contributed by atoms with Crippen molar-refractivity contribution in [3.05, 3.63) is 59.9 Å². The monoisotopic (exact) mass is 373 g/mol. The number of carbonyl (C=O) groups excluding carboxylic acids is 2. The Morgan fingerprint density at radius 1 is 1.19 bits per heavy atom. The molecule has 0 spiro atoms. The van der Waals surface area contributed by atoms with Crippen LogP contribution in [0, 0.1) is 0 Å². The molecule has 1 unspecified atom stereocenters. The number of sulfone groups is 1. The number of nitrogens with zero attached hydrogens (tertiary/aromatic N) is 2. The van der Waals surface area contributed by atoms with Crippen molar-refractivity contribution in [2.75, 3.05) is 23.5 Å². The molecule has 136 valence electrons. The molecule has 8 heteroatoms. The lowest BCUT2D eigenvalue weighted by Crippen LogP contribution is -2.36. The molecular formula is C18H19N3O4S. The Kier molecular flexibility index (Phi) is 5.03. The van der Waals surface area contributed by atoms with Gasteiger partial charge in [-0.3, -0.25) is 14.6 Å². The van der Waals surface area contributed by atoms with E-state index >= 15 is 0 Å². The number of amides is 2. The van der Waals surface area contributed by atoms with Gasteiger partial charge in [-0.15, -0.1) is 0 Å². The van der Waals surface area contributed by atoms with Gasteiger partial charge < -0.3 is 10.2 Å². The third-order valence-electron chi connectivity index (χ3n) is 4.26. The van der Waals surface area contributed by atoms with E-state index in [1.54, 1.807) is 13.1 Å². The standard InChI is InChI=1S/C18H19N3O4S/c1-21(15-5-3-2-4-6-15)18(23)13-7-9-19-16(11-13)17(22)20-14-8-10-26(24,25)12-14/h2-7,9,11,14H,8,10,12H2,1H3,(H,20,22). The second kappa shape index (κ2) is 7.25. The number of nitrogens with one attached hydrogen (secondary N) is 1. The van der Waals surface area contributed by atoms with Crippen molar-refractivity contribution >= 4 is 27.3 Å². The van der Waals surface area contributed by atoms with Gasteiger partial charge in [0.25, 0.3) is 11.8 Å². The Bertz CT molecular complexity index is 928. The van der Waals surface area contributed by atoms with Crippen LogP contribution in [0.3, 0.4) is 0 Å². The summed E-state index contributed by atoms with van der Waals surface area (Å²) in [6, 6.07) is 11.7. The third-order valence-corrected chi connectivity index (χ3v) is 6.02. The lowest BCUT2D eigenvalue weighted by atomic mass is 10.1. The van der Waals surface area contributed by atoms with E-state index in [4.69, 9.17) is 0 Å². The molecule has 1 fully saturated rings. The van der Waals surface area contributed by atoms with Crippen LogP contribution < -0.4 is 10.2 Å². The third kappa shape index (κ3) is 4.08. The van der Waals surface area contributed by atoms with Crippen LogP contribution >= 0.6 is 0 Å². The van der Waals surface area contributed by atoms with E-state index in [2.05, 4.69) is 10.3 Å². The first-order valence-corrected chi connectivity index (χ1v) is 9.98. The van der Waals surface area contributed by atoms with Crippen molar-refractivity contribution in [2.45, 2.75) is 12.5 Å². The summed E-state index contributed by atoms with van der Waals surface area (Å²) >= 11 is 0. The van der Waals surface area contributed by atoms with Gasteiger partial charge in [0.2, 0.25) is 0 Å². The first-order valence-electron chi connectivity index (χ1n) is 8.16. The quantitative estimate of drug-likeness (QED) is 0.871. The minimum absolute atomic E-state index is 0.0614. The molecule has 0 bridgehead atoms. The van der Waals surface area contributed by atoms with Crippen LogP contribution in [0.1, 0.15) is 27.3 Å². The second-order valence-corrected chi connectivity index (χ2v) is 8.43. The van der Waals surface area contributed by atoms with Crippen LogP contribution in [0.5, 0.6) is 0 Å². The van der Waals surface area contributed by atoms with E-state index in [0.29, 0.717) is 12.0 Å². The zero-order valence-corrected chi connectivity index (χ0v) is 15.1. The molecule has 1 aliphatic heterocycles. The number of hydrogen-bond donors (Lipinski definition) is 1.